The fourth-order valence-electron chi connectivity index (χ4n) is 5.08. The van der Waals surface area contributed by atoms with E-state index >= 15 is 0 Å². The molecule has 0 bridgehead atoms. The van der Waals surface area contributed by atoms with Gasteiger partial charge >= 0.3 is 0 Å². The number of benzene rings is 4. The molecule has 0 saturated heterocycles. The lowest BCUT2D eigenvalue weighted by Crippen LogP contribution is -2.30. The smallest absolute Gasteiger partial charge is 0.213 e. The lowest BCUT2D eigenvalue weighted by atomic mass is 9.87. The van der Waals surface area contributed by atoms with Crippen LogP contribution in [0.5, 0.6) is 0 Å². The minimum atomic E-state index is -1.41. The molecular weight excluding hydrogens is 438 g/mol. The summed E-state index contributed by atoms with van der Waals surface area (Å²) >= 11 is 0. The van der Waals surface area contributed by atoms with Crippen LogP contribution in [-0.2, 0) is 13.4 Å². The first kappa shape index (κ1) is 20.3. The number of hydrogen-bond donors (Lipinski definition) is 0. The largest absolute Gasteiger partial charge is 0.456 e. The van der Waals surface area contributed by atoms with Gasteiger partial charge in [-0.15, -0.1) is 0 Å². The third-order valence-corrected chi connectivity index (χ3v) is 6.85. The summed E-state index contributed by atoms with van der Waals surface area (Å²) in [6, 6.07) is 29.4. The molecule has 0 aliphatic carbocycles. The van der Waals surface area contributed by atoms with Crippen LogP contribution in [0.1, 0.15) is 34.6 Å². The predicted octanol–water partition coefficient (Wildman–Crippen LogP) is 8.79. The molecule has 6 aromatic rings. The van der Waals surface area contributed by atoms with Gasteiger partial charge in [0, 0.05) is 31.2 Å². The first-order valence-corrected chi connectivity index (χ1v) is 12.5. The highest BCUT2D eigenvalue weighted by molar-refractivity contribution is 6.11. The third kappa shape index (κ3) is 4.07. The summed E-state index contributed by atoms with van der Waals surface area (Å²) in [5, 5.41) is 4.63. The van der Waals surface area contributed by atoms with Crippen LogP contribution in [0.3, 0.4) is 0 Å². The number of fused-ring (bicyclic) bond motifs is 4. The maximum Gasteiger partial charge on any atom is 0.213 e. The van der Waals surface area contributed by atoms with Crippen molar-refractivity contribution in [2.45, 2.75) is 34.1 Å². The highest BCUT2D eigenvalue weighted by Gasteiger charge is 2.18. The number of aromatic nitrogens is 1. The Bertz CT molecular complexity index is 1840. The van der Waals surface area contributed by atoms with E-state index in [2.05, 4.69) is 85.4 Å². The standard InChI is InChI=1S/C34H32NO/c1-22-16-32-30(29-17-25-8-6-7-9-26(25)19-33(29)36-32)20-28(22)31-18-27(14-15-35(31)5)24-12-10-23(11-13-24)21-34(2,3)4/h6-20H,21H2,1-5H3/q+1/i21D2. The van der Waals surface area contributed by atoms with Gasteiger partial charge in [-0.25, -0.2) is 4.57 Å². The van der Waals surface area contributed by atoms with E-state index in [4.69, 9.17) is 7.16 Å². The molecule has 6 rings (SSSR count). The third-order valence-electron chi connectivity index (χ3n) is 6.85. The van der Waals surface area contributed by atoms with Crippen LogP contribution in [0, 0.1) is 12.3 Å². The zero-order valence-corrected chi connectivity index (χ0v) is 21.5. The van der Waals surface area contributed by atoms with Crippen LogP contribution in [0.4, 0.5) is 0 Å². The molecule has 0 unspecified atom stereocenters. The Hall–Kier alpha value is -3.91. The molecule has 0 aliphatic heterocycles. The number of furan rings is 1. The van der Waals surface area contributed by atoms with Crippen molar-refractivity contribution in [1.29, 1.82) is 0 Å². The molecule has 0 atom stereocenters. The SMILES string of the molecule is [2H]C([2H])(c1ccc(-c2cc[n+](C)c(-c3cc4c(cc3C)oc3cc5ccccc5cc34)c2)cc1)C(C)(C)C. The van der Waals surface area contributed by atoms with Crippen LogP contribution in [0.15, 0.2) is 95.5 Å². The second kappa shape index (κ2) is 8.34. The Morgan fingerprint density at radius 3 is 2.17 bits per heavy atom. The predicted molar refractivity (Wildman–Crippen MR) is 151 cm³/mol. The van der Waals surface area contributed by atoms with Crippen molar-refractivity contribution in [3.05, 3.63) is 102 Å². The molecule has 4 aromatic carbocycles. The number of aryl methyl sites for hydroxylation is 2. The van der Waals surface area contributed by atoms with Crippen molar-refractivity contribution in [1.82, 2.24) is 0 Å². The van der Waals surface area contributed by atoms with Crippen LogP contribution in [0.2, 0.25) is 0 Å². The molecule has 0 N–H and O–H groups in total. The summed E-state index contributed by atoms with van der Waals surface area (Å²) in [7, 11) is 2.07. The summed E-state index contributed by atoms with van der Waals surface area (Å²) in [5.41, 5.74) is 7.63. The van der Waals surface area contributed by atoms with E-state index in [9.17, 15) is 0 Å². The number of pyridine rings is 1. The van der Waals surface area contributed by atoms with Gasteiger partial charge in [-0.1, -0.05) is 69.3 Å². The van der Waals surface area contributed by atoms with Gasteiger partial charge in [-0.2, -0.15) is 0 Å². The quantitative estimate of drug-likeness (QED) is 0.235. The maximum atomic E-state index is 8.60. The fourth-order valence-corrected chi connectivity index (χ4v) is 5.08. The summed E-state index contributed by atoms with van der Waals surface area (Å²) in [5.74, 6) is 0. The van der Waals surface area contributed by atoms with Crippen molar-refractivity contribution < 1.29 is 11.7 Å². The maximum absolute atomic E-state index is 8.60. The molecule has 2 nitrogen and oxygen atoms in total. The van der Waals surface area contributed by atoms with Gasteiger partial charge < -0.3 is 4.42 Å². The van der Waals surface area contributed by atoms with Crippen LogP contribution >= 0.6 is 0 Å². The van der Waals surface area contributed by atoms with Crippen LogP contribution in [-0.4, -0.2) is 0 Å². The van der Waals surface area contributed by atoms with E-state index in [1.165, 1.54) is 16.3 Å². The van der Waals surface area contributed by atoms with Crippen LogP contribution < -0.4 is 4.57 Å². The normalized spacial score (nSPS) is 13.4. The van der Waals surface area contributed by atoms with Crippen molar-refractivity contribution in [2.75, 3.05) is 0 Å². The molecule has 2 heteroatoms. The van der Waals surface area contributed by atoms with Gasteiger partial charge in [-0.3, -0.25) is 0 Å². The Morgan fingerprint density at radius 2 is 1.44 bits per heavy atom. The average Bonchev–Trinajstić information content (AvgIpc) is 3.22. The first-order chi connectivity index (χ1) is 18.0. The summed E-state index contributed by atoms with van der Waals surface area (Å²) < 4.78 is 25.6. The molecule has 0 fully saturated rings. The molecule has 0 aliphatic rings. The van der Waals surface area contributed by atoms with Gasteiger partial charge in [0.2, 0.25) is 5.69 Å². The van der Waals surface area contributed by atoms with Gasteiger partial charge in [0.05, 0.1) is 0 Å². The molecule has 178 valence electrons. The van der Waals surface area contributed by atoms with Gasteiger partial charge in [-0.05, 0) is 76.0 Å². The molecule has 2 aromatic heterocycles. The van der Waals surface area contributed by atoms with Crippen molar-refractivity contribution in [2.24, 2.45) is 12.5 Å². The zero-order valence-electron chi connectivity index (χ0n) is 23.5. The molecule has 0 radical (unpaired) electrons. The molecule has 2 heterocycles. The van der Waals surface area contributed by atoms with Gasteiger partial charge in [0.25, 0.3) is 0 Å². The van der Waals surface area contributed by atoms with Crippen molar-refractivity contribution in [3.63, 3.8) is 0 Å². The van der Waals surface area contributed by atoms with E-state index < -0.39 is 11.8 Å². The minimum absolute atomic E-state index is 0.484. The second-order valence-corrected chi connectivity index (χ2v) is 10.8. The van der Waals surface area contributed by atoms with E-state index in [1.54, 1.807) is 0 Å². The van der Waals surface area contributed by atoms with E-state index in [0.29, 0.717) is 5.56 Å². The molecule has 36 heavy (non-hydrogen) atoms. The van der Waals surface area contributed by atoms with E-state index in [0.717, 1.165) is 44.3 Å². The topological polar surface area (TPSA) is 17.0 Å². The lowest BCUT2D eigenvalue weighted by molar-refractivity contribution is -0.660. The van der Waals surface area contributed by atoms with Crippen LogP contribution in [0.25, 0.3) is 55.1 Å². The van der Waals surface area contributed by atoms with Gasteiger partial charge in [0.1, 0.15) is 18.2 Å². The average molecular weight is 473 g/mol. The molecule has 0 amide bonds. The molecular formula is C34H32NO+. The Morgan fingerprint density at radius 1 is 0.778 bits per heavy atom. The minimum Gasteiger partial charge on any atom is -0.456 e. The highest BCUT2D eigenvalue weighted by atomic mass is 16.3. The Labute approximate surface area is 215 Å². The number of nitrogens with zero attached hydrogens (tertiary/aromatic N) is 1. The Kier molecular flexibility index (Phi) is 4.70. The summed E-state index contributed by atoms with van der Waals surface area (Å²) in [6.07, 6.45) is 0.683. The number of hydrogen-bond acceptors (Lipinski definition) is 1. The summed E-state index contributed by atoms with van der Waals surface area (Å²) in [4.78, 5) is 0. The van der Waals surface area contributed by atoms with E-state index in [1.807, 2.05) is 45.0 Å². The Balaban J connectivity index is 1.46. The lowest BCUT2D eigenvalue weighted by Gasteiger charge is -2.18. The second-order valence-electron chi connectivity index (χ2n) is 10.8. The summed E-state index contributed by atoms with van der Waals surface area (Å²) in [6.45, 7) is 7.95. The first-order valence-electron chi connectivity index (χ1n) is 13.5. The number of rotatable bonds is 3. The highest BCUT2D eigenvalue weighted by Crippen LogP contribution is 2.36. The molecule has 0 saturated carbocycles. The fraction of sp³-hybridized carbons (Fsp3) is 0.206. The monoisotopic (exact) mass is 472 g/mol. The molecule has 0 spiro atoms. The van der Waals surface area contributed by atoms with E-state index in [-0.39, 0.29) is 0 Å². The van der Waals surface area contributed by atoms with Crippen molar-refractivity contribution in [3.8, 4) is 22.4 Å². The van der Waals surface area contributed by atoms with Crippen molar-refractivity contribution >= 4 is 32.7 Å². The van der Waals surface area contributed by atoms with Gasteiger partial charge in [0.15, 0.2) is 6.20 Å². The zero-order chi connectivity index (χ0) is 26.8.